The van der Waals surface area contributed by atoms with E-state index in [1.54, 1.807) is 0 Å². The SMILES string of the molecule is CC(C)(C)OOC(C)(C)CCC(=O)O. The zero-order valence-corrected chi connectivity index (χ0v) is 9.59. The smallest absolute Gasteiger partial charge is 0.303 e. The Hall–Kier alpha value is -0.610. The molecule has 0 bridgehead atoms. The Labute approximate surface area is 85.1 Å². The molecule has 84 valence electrons. The van der Waals surface area contributed by atoms with Crippen molar-refractivity contribution in [1.29, 1.82) is 0 Å². The zero-order valence-electron chi connectivity index (χ0n) is 9.59. The summed E-state index contributed by atoms with van der Waals surface area (Å²) in [5.74, 6) is -0.822. The van der Waals surface area contributed by atoms with Crippen molar-refractivity contribution in [2.75, 3.05) is 0 Å². The lowest BCUT2D eigenvalue weighted by atomic mass is 10.0. The van der Waals surface area contributed by atoms with Crippen molar-refractivity contribution in [1.82, 2.24) is 0 Å². The van der Waals surface area contributed by atoms with E-state index in [1.165, 1.54) is 0 Å². The van der Waals surface area contributed by atoms with Crippen LogP contribution in [0.25, 0.3) is 0 Å². The van der Waals surface area contributed by atoms with Gasteiger partial charge < -0.3 is 5.11 Å². The van der Waals surface area contributed by atoms with Crippen LogP contribution in [0.5, 0.6) is 0 Å². The van der Waals surface area contributed by atoms with Crippen LogP contribution in [0.15, 0.2) is 0 Å². The Bertz CT molecular complexity index is 191. The molecule has 0 aliphatic heterocycles. The molecule has 0 amide bonds. The fraction of sp³-hybridized carbons (Fsp3) is 0.900. The zero-order chi connectivity index (χ0) is 11.4. The van der Waals surface area contributed by atoms with E-state index in [1.807, 2.05) is 34.6 Å². The van der Waals surface area contributed by atoms with Gasteiger partial charge in [0.15, 0.2) is 0 Å². The molecule has 4 nitrogen and oxygen atoms in total. The highest BCUT2D eigenvalue weighted by Crippen LogP contribution is 2.20. The normalized spacial score (nSPS) is 12.9. The second-order valence-corrected chi connectivity index (χ2v) is 4.93. The molecule has 0 unspecified atom stereocenters. The van der Waals surface area contributed by atoms with Crippen LogP contribution in [0.3, 0.4) is 0 Å². The molecule has 0 saturated carbocycles. The summed E-state index contributed by atoms with van der Waals surface area (Å²) in [7, 11) is 0. The van der Waals surface area contributed by atoms with Crippen molar-refractivity contribution in [3.05, 3.63) is 0 Å². The Kier molecular flexibility index (Phi) is 4.55. The van der Waals surface area contributed by atoms with E-state index < -0.39 is 11.6 Å². The molecule has 1 N–H and O–H groups in total. The molecular formula is C10H20O4. The highest BCUT2D eigenvalue weighted by Gasteiger charge is 2.24. The van der Waals surface area contributed by atoms with Gasteiger partial charge in [0.1, 0.15) is 0 Å². The number of carbonyl (C=O) groups is 1. The minimum atomic E-state index is -0.822. The molecule has 0 aromatic heterocycles. The predicted octanol–water partition coefficient (Wildman–Crippen LogP) is 2.38. The van der Waals surface area contributed by atoms with E-state index in [9.17, 15) is 4.79 Å². The second kappa shape index (κ2) is 4.75. The predicted molar refractivity (Wildman–Crippen MR) is 52.9 cm³/mol. The summed E-state index contributed by atoms with van der Waals surface area (Å²) < 4.78 is 0. The largest absolute Gasteiger partial charge is 0.481 e. The lowest BCUT2D eigenvalue weighted by Gasteiger charge is -2.27. The molecule has 0 aliphatic carbocycles. The standard InChI is InChI=1S/C10H20O4/c1-9(2,3)13-14-10(4,5)7-6-8(11)12/h6-7H2,1-5H3,(H,11,12). The van der Waals surface area contributed by atoms with E-state index in [0.717, 1.165) is 0 Å². The first-order chi connectivity index (χ1) is 6.12. The molecule has 0 heterocycles. The third-order valence-corrected chi connectivity index (χ3v) is 1.46. The van der Waals surface area contributed by atoms with E-state index >= 15 is 0 Å². The molecular weight excluding hydrogens is 184 g/mol. The molecule has 0 saturated heterocycles. The summed E-state index contributed by atoms with van der Waals surface area (Å²) in [5, 5.41) is 8.51. The van der Waals surface area contributed by atoms with Gasteiger partial charge in [-0.25, -0.2) is 9.78 Å². The van der Waals surface area contributed by atoms with Crippen LogP contribution in [-0.2, 0) is 14.6 Å². The molecule has 0 fully saturated rings. The van der Waals surface area contributed by atoms with Crippen LogP contribution >= 0.6 is 0 Å². The van der Waals surface area contributed by atoms with Gasteiger partial charge in [-0.3, -0.25) is 4.79 Å². The average molecular weight is 204 g/mol. The molecule has 0 aromatic rings. The Balaban J connectivity index is 3.89. The first-order valence-corrected chi connectivity index (χ1v) is 4.71. The number of aliphatic carboxylic acids is 1. The van der Waals surface area contributed by atoms with Gasteiger partial charge in [0, 0.05) is 6.42 Å². The van der Waals surface area contributed by atoms with Gasteiger partial charge >= 0.3 is 5.97 Å². The molecule has 14 heavy (non-hydrogen) atoms. The van der Waals surface area contributed by atoms with Gasteiger partial charge in [-0.1, -0.05) is 0 Å². The first kappa shape index (κ1) is 13.4. The van der Waals surface area contributed by atoms with Gasteiger partial charge in [0.25, 0.3) is 0 Å². The van der Waals surface area contributed by atoms with Gasteiger partial charge in [-0.15, -0.1) is 0 Å². The summed E-state index contributed by atoms with van der Waals surface area (Å²) in [4.78, 5) is 20.7. The summed E-state index contributed by atoms with van der Waals surface area (Å²) in [6, 6.07) is 0. The molecule has 0 aromatic carbocycles. The highest BCUT2D eigenvalue weighted by molar-refractivity contribution is 5.66. The minimum Gasteiger partial charge on any atom is -0.481 e. The fourth-order valence-corrected chi connectivity index (χ4v) is 0.687. The summed E-state index contributed by atoms with van der Waals surface area (Å²) in [6.45, 7) is 9.24. The van der Waals surface area contributed by atoms with Crippen LogP contribution in [0.1, 0.15) is 47.5 Å². The number of carboxylic acid groups (broad SMARTS) is 1. The number of hydrogen-bond acceptors (Lipinski definition) is 3. The van der Waals surface area contributed by atoms with Crippen LogP contribution in [0, 0.1) is 0 Å². The maximum absolute atomic E-state index is 10.4. The molecule has 4 heteroatoms. The van der Waals surface area contributed by atoms with Crippen molar-refractivity contribution in [2.24, 2.45) is 0 Å². The monoisotopic (exact) mass is 204 g/mol. The fourth-order valence-electron chi connectivity index (χ4n) is 0.687. The van der Waals surface area contributed by atoms with Crippen molar-refractivity contribution in [3.63, 3.8) is 0 Å². The van der Waals surface area contributed by atoms with Crippen molar-refractivity contribution in [2.45, 2.75) is 58.7 Å². The summed E-state index contributed by atoms with van der Waals surface area (Å²) in [5.41, 5.74) is -0.938. The molecule has 0 aliphatic rings. The third-order valence-electron chi connectivity index (χ3n) is 1.46. The number of rotatable bonds is 5. The topological polar surface area (TPSA) is 55.8 Å². The van der Waals surface area contributed by atoms with Crippen LogP contribution in [0.4, 0.5) is 0 Å². The molecule has 0 radical (unpaired) electrons. The number of hydrogen-bond donors (Lipinski definition) is 1. The summed E-state index contributed by atoms with van der Waals surface area (Å²) in [6.07, 6.45) is 0.513. The third kappa shape index (κ3) is 8.01. The van der Waals surface area contributed by atoms with Crippen molar-refractivity contribution >= 4 is 5.97 Å². The lowest BCUT2D eigenvalue weighted by Crippen LogP contribution is -2.31. The van der Waals surface area contributed by atoms with E-state index in [4.69, 9.17) is 14.9 Å². The highest BCUT2D eigenvalue weighted by atomic mass is 17.2. The van der Waals surface area contributed by atoms with Gasteiger partial charge in [0.2, 0.25) is 0 Å². The van der Waals surface area contributed by atoms with E-state index in [-0.39, 0.29) is 12.0 Å². The second-order valence-electron chi connectivity index (χ2n) is 4.93. The first-order valence-electron chi connectivity index (χ1n) is 4.71. The Morgan fingerprint density at radius 2 is 1.64 bits per heavy atom. The van der Waals surface area contributed by atoms with Crippen molar-refractivity contribution in [3.8, 4) is 0 Å². The molecule has 0 atom stereocenters. The van der Waals surface area contributed by atoms with Crippen molar-refractivity contribution < 1.29 is 19.7 Å². The van der Waals surface area contributed by atoms with Crippen LogP contribution in [0.2, 0.25) is 0 Å². The Morgan fingerprint density at radius 3 is 2.00 bits per heavy atom. The lowest BCUT2D eigenvalue weighted by molar-refractivity contribution is -0.398. The molecule has 0 spiro atoms. The maximum atomic E-state index is 10.4. The maximum Gasteiger partial charge on any atom is 0.303 e. The minimum absolute atomic E-state index is 0.0838. The van der Waals surface area contributed by atoms with Crippen LogP contribution in [-0.4, -0.2) is 22.3 Å². The van der Waals surface area contributed by atoms with E-state index in [0.29, 0.717) is 6.42 Å². The van der Waals surface area contributed by atoms with E-state index in [2.05, 4.69) is 0 Å². The number of carboxylic acids is 1. The molecule has 0 rings (SSSR count). The average Bonchev–Trinajstić information content (AvgIpc) is 1.97. The van der Waals surface area contributed by atoms with Gasteiger partial charge in [-0.05, 0) is 41.0 Å². The summed E-state index contributed by atoms with van der Waals surface area (Å²) >= 11 is 0. The quantitative estimate of drug-likeness (QED) is 0.551. The van der Waals surface area contributed by atoms with Crippen LogP contribution < -0.4 is 0 Å². The van der Waals surface area contributed by atoms with Gasteiger partial charge in [0.05, 0.1) is 11.2 Å². The Morgan fingerprint density at radius 1 is 1.14 bits per heavy atom. The van der Waals surface area contributed by atoms with Gasteiger partial charge in [-0.2, -0.15) is 0 Å².